The van der Waals surface area contributed by atoms with Gasteiger partial charge in [0, 0.05) is 24.7 Å². The average molecular weight is 306 g/mol. The molecule has 1 fully saturated rings. The predicted octanol–water partition coefficient (Wildman–Crippen LogP) is 1.72. The monoisotopic (exact) mass is 306 g/mol. The summed E-state index contributed by atoms with van der Waals surface area (Å²) in [5.74, 6) is -0.724. The van der Waals surface area contributed by atoms with E-state index in [2.05, 4.69) is 0 Å². The molecule has 1 aromatic rings. The molecule has 0 spiro atoms. The molecule has 7 nitrogen and oxygen atoms in total. The van der Waals surface area contributed by atoms with E-state index in [0.717, 1.165) is 4.90 Å². The Labute approximate surface area is 128 Å². The third kappa shape index (κ3) is 3.19. The number of amides is 3. The third-order valence-electron chi connectivity index (χ3n) is 3.55. The van der Waals surface area contributed by atoms with Crippen LogP contribution in [0.25, 0.3) is 0 Å². The molecular formula is C15H18N2O5. The van der Waals surface area contributed by atoms with Crippen LogP contribution >= 0.6 is 0 Å². The maximum atomic E-state index is 12.5. The van der Waals surface area contributed by atoms with Crippen molar-refractivity contribution < 1.29 is 24.2 Å². The van der Waals surface area contributed by atoms with Crippen molar-refractivity contribution in [2.45, 2.75) is 25.8 Å². The minimum Gasteiger partial charge on any atom is -0.497 e. The Kier molecular flexibility index (Phi) is 4.65. The summed E-state index contributed by atoms with van der Waals surface area (Å²) >= 11 is 0. The van der Waals surface area contributed by atoms with Gasteiger partial charge in [-0.05, 0) is 31.2 Å². The van der Waals surface area contributed by atoms with Gasteiger partial charge in [0.1, 0.15) is 5.75 Å². The number of anilines is 1. The van der Waals surface area contributed by atoms with E-state index in [1.54, 1.807) is 38.3 Å². The van der Waals surface area contributed by atoms with Crippen LogP contribution in [0.2, 0.25) is 0 Å². The number of aliphatic carboxylic acids is 1. The molecule has 1 aliphatic heterocycles. The summed E-state index contributed by atoms with van der Waals surface area (Å²) in [6.07, 6.45) is -0.0975. The Morgan fingerprint density at radius 1 is 1.32 bits per heavy atom. The Bertz CT molecular complexity index is 584. The van der Waals surface area contributed by atoms with Gasteiger partial charge in [0.05, 0.1) is 13.5 Å². The van der Waals surface area contributed by atoms with Gasteiger partial charge in [-0.15, -0.1) is 0 Å². The second-order valence-electron chi connectivity index (χ2n) is 5.09. The fourth-order valence-corrected chi connectivity index (χ4v) is 2.41. The Balaban J connectivity index is 2.23. The van der Waals surface area contributed by atoms with Gasteiger partial charge in [-0.25, -0.2) is 4.79 Å². The zero-order valence-electron chi connectivity index (χ0n) is 12.5. The Morgan fingerprint density at radius 2 is 1.95 bits per heavy atom. The molecule has 1 heterocycles. The lowest BCUT2D eigenvalue weighted by Gasteiger charge is -2.38. The molecule has 1 saturated heterocycles. The topological polar surface area (TPSA) is 87.2 Å². The molecule has 0 aromatic heterocycles. The van der Waals surface area contributed by atoms with Crippen molar-refractivity contribution >= 4 is 23.6 Å². The predicted molar refractivity (Wildman–Crippen MR) is 78.9 cm³/mol. The first-order valence-electron chi connectivity index (χ1n) is 6.93. The minimum absolute atomic E-state index is 0.119. The molecule has 2 rings (SSSR count). The average Bonchev–Trinajstić information content (AvgIpc) is 2.47. The Morgan fingerprint density at radius 3 is 2.50 bits per heavy atom. The van der Waals surface area contributed by atoms with Crippen LogP contribution in [-0.4, -0.2) is 47.6 Å². The first-order valence-corrected chi connectivity index (χ1v) is 6.93. The number of benzene rings is 1. The molecule has 1 unspecified atom stereocenters. The van der Waals surface area contributed by atoms with E-state index in [4.69, 9.17) is 9.84 Å². The maximum absolute atomic E-state index is 12.5. The van der Waals surface area contributed by atoms with Crippen molar-refractivity contribution in [1.29, 1.82) is 0 Å². The van der Waals surface area contributed by atoms with Gasteiger partial charge in [0.25, 0.3) is 0 Å². The van der Waals surface area contributed by atoms with E-state index in [0.29, 0.717) is 11.4 Å². The molecule has 0 aliphatic carbocycles. The van der Waals surface area contributed by atoms with Crippen LogP contribution in [0.3, 0.4) is 0 Å². The zero-order valence-corrected chi connectivity index (χ0v) is 12.5. The lowest BCUT2D eigenvalue weighted by Crippen LogP contribution is -2.56. The molecular weight excluding hydrogens is 288 g/mol. The van der Waals surface area contributed by atoms with Crippen LogP contribution in [0.5, 0.6) is 5.75 Å². The second kappa shape index (κ2) is 6.46. The normalized spacial score (nSPS) is 18.5. The molecule has 0 radical (unpaired) electrons. The lowest BCUT2D eigenvalue weighted by molar-refractivity contribution is -0.137. The van der Waals surface area contributed by atoms with E-state index in [1.165, 1.54) is 4.90 Å². The number of ether oxygens (including phenoxy) is 1. The summed E-state index contributed by atoms with van der Waals surface area (Å²) < 4.78 is 5.08. The molecule has 0 bridgehead atoms. The Hall–Kier alpha value is -2.57. The van der Waals surface area contributed by atoms with Gasteiger partial charge in [-0.1, -0.05) is 0 Å². The number of imide groups is 1. The quantitative estimate of drug-likeness (QED) is 0.895. The van der Waals surface area contributed by atoms with Gasteiger partial charge in [-0.3, -0.25) is 19.4 Å². The van der Waals surface area contributed by atoms with Crippen LogP contribution < -0.4 is 9.64 Å². The molecule has 1 N–H and O–H groups in total. The van der Waals surface area contributed by atoms with Crippen LogP contribution in [0.1, 0.15) is 19.8 Å². The first-order chi connectivity index (χ1) is 10.4. The van der Waals surface area contributed by atoms with E-state index in [1.807, 2.05) is 0 Å². The van der Waals surface area contributed by atoms with Gasteiger partial charge in [-0.2, -0.15) is 0 Å². The molecule has 3 amide bonds. The van der Waals surface area contributed by atoms with Crippen molar-refractivity contribution in [2.75, 3.05) is 18.6 Å². The fraction of sp³-hybridized carbons (Fsp3) is 0.400. The smallest absolute Gasteiger partial charge is 0.331 e. The maximum Gasteiger partial charge on any atom is 0.331 e. The van der Waals surface area contributed by atoms with E-state index in [9.17, 15) is 14.4 Å². The highest BCUT2D eigenvalue weighted by atomic mass is 16.5. The molecule has 1 aliphatic rings. The van der Waals surface area contributed by atoms with Gasteiger partial charge < -0.3 is 9.84 Å². The third-order valence-corrected chi connectivity index (χ3v) is 3.55. The van der Waals surface area contributed by atoms with Gasteiger partial charge in [0.2, 0.25) is 5.91 Å². The molecule has 0 saturated carbocycles. The number of carbonyl (C=O) groups excluding carboxylic acids is 2. The zero-order chi connectivity index (χ0) is 16.3. The summed E-state index contributed by atoms with van der Waals surface area (Å²) in [6.45, 7) is 1.67. The highest BCUT2D eigenvalue weighted by molar-refractivity contribution is 6.06. The summed E-state index contributed by atoms with van der Waals surface area (Å²) in [7, 11) is 1.55. The largest absolute Gasteiger partial charge is 0.497 e. The summed E-state index contributed by atoms with van der Waals surface area (Å²) in [4.78, 5) is 37.7. The molecule has 1 aromatic carbocycles. The molecule has 7 heteroatoms. The van der Waals surface area contributed by atoms with Crippen molar-refractivity contribution in [3.8, 4) is 5.75 Å². The number of hydrogen-bond donors (Lipinski definition) is 1. The number of methoxy groups -OCH3 is 1. The van der Waals surface area contributed by atoms with E-state index in [-0.39, 0.29) is 31.3 Å². The number of carboxylic acids is 1. The number of urea groups is 1. The van der Waals surface area contributed by atoms with Crippen LogP contribution in [0, 0.1) is 0 Å². The summed E-state index contributed by atoms with van der Waals surface area (Å²) in [5.41, 5.74) is 0.645. The van der Waals surface area contributed by atoms with Crippen LogP contribution in [0.4, 0.5) is 10.5 Å². The standard InChI is InChI=1S/C15H18N2O5/c1-10-9-13(18)16(8-7-14(19)20)15(21)17(10)11-3-5-12(22-2)6-4-11/h3-6,10H,7-9H2,1-2H3,(H,19,20). The number of hydrogen-bond acceptors (Lipinski definition) is 4. The number of nitrogens with zero attached hydrogens (tertiary/aromatic N) is 2. The minimum atomic E-state index is -1.05. The summed E-state index contributed by atoms with van der Waals surface area (Å²) in [6, 6.07) is 6.15. The van der Waals surface area contributed by atoms with Crippen molar-refractivity contribution in [3.63, 3.8) is 0 Å². The number of rotatable bonds is 5. The molecule has 1 atom stereocenters. The van der Waals surface area contributed by atoms with Gasteiger partial charge in [0.15, 0.2) is 0 Å². The number of carbonyl (C=O) groups is 3. The fourth-order valence-electron chi connectivity index (χ4n) is 2.41. The van der Waals surface area contributed by atoms with Crippen molar-refractivity contribution in [1.82, 2.24) is 4.90 Å². The van der Waals surface area contributed by atoms with Crippen molar-refractivity contribution in [3.05, 3.63) is 24.3 Å². The SMILES string of the molecule is COc1ccc(N2C(=O)N(CCC(=O)O)C(=O)CC2C)cc1. The lowest BCUT2D eigenvalue weighted by atomic mass is 10.1. The molecule has 118 valence electrons. The van der Waals surface area contributed by atoms with E-state index < -0.39 is 12.0 Å². The highest BCUT2D eigenvalue weighted by Gasteiger charge is 2.37. The summed E-state index contributed by atoms with van der Waals surface area (Å²) in [5, 5.41) is 8.73. The molecule has 22 heavy (non-hydrogen) atoms. The van der Waals surface area contributed by atoms with Crippen LogP contribution in [-0.2, 0) is 9.59 Å². The highest BCUT2D eigenvalue weighted by Crippen LogP contribution is 2.27. The van der Waals surface area contributed by atoms with Crippen LogP contribution in [0.15, 0.2) is 24.3 Å². The number of carboxylic acid groups (broad SMARTS) is 1. The van der Waals surface area contributed by atoms with Gasteiger partial charge >= 0.3 is 12.0 Å². The van der Waals surface area contributed by atoms with E-state index >= 15 is 0 Å². The van der Waals surface area contributed by atoms with Crippen molar-refractivity contribution in [2.24, 2.45) is 0 Å². The first kappa shape index (κ1) is 15.8. The second-order valence-corrected chi connectivity index (χ2v) is 5.09.